The zero-order valence-corrected chi connectivity index (χ0v) is 14.8. The Labute approximate surface area is 149 Å². The largest absolute Gasteiger partial charge is 0.379 e. The van der Waals surface area contributed by atoms with Gasteiger partial charge in [0.2, 0.25) is 5.91 Å². The van der Waals surface area contributed by atoms with E-state index in [-0.39, 0.29) is 5.91 Å². The van der Waals surface area contributed by atoms with E-state index in [1.165, 1.54) is 16.7 Å². The maximum atomic E-state index is 11.6. The average molecular weight is 338 g/mol. The van der Waals surface area contributed by atoms with Crippen LogP contribution in [0, 0.1) is 0 Å². The van der Waals surface area contributed by atoms with E-state index in [2.05, 4.69) is 52.7 Å². The number of hydrogen-bond donors (Lipinski definition) is 1. The van der Waals surface area contributed by atoms with Crippen LogP contribution in [0.5, 0.6) is 0 Å². The lowest BCUT2D eigenvalue weighted by Gasteiger charge is -2.27. The summed E-state index contributed by atoms with van der Waals surface area (Å²) in [6.07, 6.45) is 0.510. The van der Waals surface area contributed by atoms with Crippen LogP contribution in [0.3, 0.4) is 0 Å². The van der Waals surface area contributed by atoms with Crippen molar-refractivity contribution in [2.24, 2.45) is 0 Å². The molecular weight excluding hydrogens is 312 g/mol. The van der Waals surface area contributed by atoms with Crippen LogP contribution in [0.1, 0.15) is 24.5 Å². The molecule has 0 spiro atoms. The van der Waals surface area contributed by atoms with Gasteiger partial charge < -0.3 is 10.1 Å². The quantitative estimate of drug-likeness (QED) is 0.879. The van der Waals surface area contributed by atoms with Crippen LogP contribution in [0.15, 0.2) is 48.5 Å². The van der Waals surface area contributed by atoms with Gasteiger partial charge in [0.05, 0.1) is 13.2 Å². The van der Waals surface area contributed by atoms with Crippen molar-refractivity contribution < 1.29 is 9.53 Å². The van der Waals surface area contributed by atoms with Crippen molar-refractivity contribution in [3.05, 3.63) is 59.7 Å². The summed E-state index contributed by atoms with van der Waals surface area (Å²) in [6.45, 7) is 6.93. The number of hydrogen-bond acceptors (Lipinski definition) is 3. The third-order valence-electron chi connectivity index (χ3n) is 4.62. The summed E-state index contributed by atoms with van der Waals surface area (Å²) in [7, 11) is 0. The molecule has 0 aliphatic carbocycles. The highest BCUT2D eigenvalue weighted by Gasteiger charge is 2.15. The van der Waals surface area contributed by atoms with Gasteiger partial charge in [-0.25, -0.2) is 0 Å². The van der Waals surface area contributed by atoms with Crippen molar-refractivity contribution in [2.45, 2.75) is 26.4 Å². The van der Waals surface area contributed by atoms with E-state index in [9.17, 15) is 4.79 Å². The SMILES string of the molecule is CCC(=O)NCc1ccccc1-c1ccccc1CN1CCOCC1. The second-order valence-corrected chi connectivity index (χ2v) is 6.33. The number of rotatable bonds is 6. The molecule has 1 fully saturated rings. The van der Waals surface area contributed by atoms with Gasteiger partial charge in [-0.05, 0) is 22.3 Å². The maximum absolute atomic E-state index is 11.6. The second kappa shape index (κ2) is 8.79. The molecule has 4 nitrogen and oxygen atoms in total. The van der Waals surface area contributed by atoms with Crippen LogP contribution in [0.25, 0.3) is 11.1 Å². The van der Waals surface area contributed by atoms with Gasteiger partial charge in [-0.1, -0.05) is 55.5 Å². The number of benzene rings is 2. The summed E-state index contributed by atoms with van der Waals surface area (Å²) in [5, 5.41) is 2.99. The molecule has 1 amide bonds. The molecule has 1 N–H and O–H groups in total. The Balaban J connectivity index is 1.85. The highest BCUT2D eigenvalue weighted by molar-refractivity contribution is 5.76. The van der Waals surface area contributed by atoms with Crippen LogP contribution in [0.2, 0.25) is 0 Å². The van der Waals surface area contributed by atoms with Gasteiger partial charge in [0.25, 0.3) is 0 Å². The predicted octanol–water partition coefficient (Wildman–Crippen LogP) is 3.21. The summed E-state index contributed by atoms with van der Waals surface area (Å²) in [5.74, 6) is 0.0800. The lowest BCUT2D eigenvalue weighted by molar-refractivity contribution is -0.120. The molecule has 0 radical (unpaired) electrons. The van der Waals surface area contributed by atoms with E-state index in [1.807, 2.05) is 13.0 Å². The highest BCUT2D eigenvalue weighted by atomic mass is 16.5. The van der Waals surface area contributed by atoms with E-state index < -0.39 is 0 Å². The topological polar surface area (TPSA) is 41.6 Å². The Morgan fingerprint density at radius 1 is 1.00 bits per heavy atom. The number of amides is 1. The van der Waals surface area contributed by atoms with Gasteiger partial charge in [0.15, 0.2) is 0 Å². The number of morpholine rings is 1. The van der Waals surface area contributed by atoms with E-state index in [1.54, 1.807) is 0 Å². The first-order chi connectivity index (χ1) is 12.3. The number of nitrogens with one attached hydrogen (secondary N) is 1. The van der Waals surface area contributed by atoms with Crippen LogP contribution in [-0.4, -0.2) is 37.1 Å². The number of carbonyl (C=O) groups is 1. The Bertz CT molecular complexity index is 709. The molecule has 0 saturated carbocycles. The first-order valence-electron chi connectivity index (χ1n) is 9.01. The third kappa shape index (κ3) is 4.68. The second-order valence-electron chi connectivity index (χ2n) is 6.33. The standard InChI is InChI=1S/C21H26N2O2/c1-2-21(24)22-15-17-7-3-5-9-19(17)20-10-6-4-8-18(20)16-23-11-13-25-14-12-23/h3-10H,2,11-16H2,1H3,(H,22,24). The van der Waals surface area contributed by atoms with Crippen LogP contribution in [-0.2, 0) is 22.6 Å². The molecule has 132 valence electrons. The highest BCUT2D eigenvalue weighted by Crippen LogP contribution is 2.28. The monoisotopic (exact) mass is 338 g/mol. The molecule has 2 aromatic carbocycles. The number of nitrogens with zero attached hydrogens (tertiary/aromatic N) is 1. The Morgan fingerprint density at radius 3 is 2.28 bits per heavy atom. The minimum atomic E-state index is 0.0800. The fraction of sp³-hybridized carbons (Fsp3) is 0.381. The zero-order chi connectivity index (χ0) is 17.5. The number of ether oxygens (including phenoxy) is 1. The molecule has 0 aromatic heterocycles. The Hall–Kier alpha value is -2.17. The molecule has 2 aromatic rings. The summed E-state index contributed by atoms with van der Waals surface area (Å²) >= 11 is 0. The lowest BCUT2D eigenvalue weighted by Crippen LogP contribution is -2.35. The minimum Gasteiger partial charge on any atom is -0.379 e. The fourth-order valence-corrected chi connectivity index (χ4v) is 3.18. The van der Waals surface area contributed by atoms with E-state index in [0.717, 1.165) is 38.4 Å². The van der Waals surface area contributed by atoms with Crippen molar-refractivity contribution in [3.63, 3.8) is 0 Å². The van der Waals surface area contributed by atoms with Crippen molar-refractivity contribution in [3.8, 4) is 11.1 Å². The van der Waals surface area contributed by atoms with E-state index in [0.29, 0.717) is 13.0 Å². The summed E-state index contributed by atoms with van der Waals surface area (Å²) in [5.41, 5.74) is 4.91. The molecule has 1 heterocycles. The zero-order valence-electron chi connectivity index (χ0n) is 14.8. The van der Waals surface area contributed by atoms with Crippen LogP contribution in [0.4, 0.5) is 0 Å². The molecule has 0 bridgehead atoms. The minimum absolute atomic E-state index is 0.0800. The van der Waals surface area contributed by atoms with Gasteiger partial charge in [0, 0.05) is 32.6 Å². The van der Waals surface area contributed by atoms with Gasteiger partial charge in [-0.15, -0.1) is 0 Å². The van der Waals surface area contributed by atoms with Gasteiger partial charge in [-0.2, -0.15) is 0 Å². The smallest absolute Gasteiger partial charge is 0.219 e. The molecule has 3 rings (SSSR count). The van der Waals surface area contributed by atoms with E-state index in [4.69, 9.17) is 4.74 Å². The molecule has 4 heteroatoms. The average Bonchev–Trinajstić information content (AvgIpc) is 2.67. The van der Waals surface area contributed by atoms with Crippen molar-refractivity contribution in [1.82, 2.24) is 10.2 Å². The van der Waals surface area contributed by atoms with Crippen molar-refractivity contribution >= 4 is 5.91 Å². The predicted molar refractivity (Wildman–Crippen MR) is 100 cm³/mol. The number of carbonyl (C=O) groups excluding carboxylic acids is 1. The maximum Gasteiger partial charge on any atom is 0.219 e. The summed E-state index contributed by atoms with van der Waals surface area (Å²) < 4.78 is 5.45. The van der Waals surface area contributed by atoms with Crippen molar-refractivity contribution in [1.29, 1.82) is 0 Å². The molecular formula is C21H26N2O2. The van der Waals surface area contributed by atoms with Gasteiger partial charge >= 0.3 is 0 Å². The van der Waals surface area contributed by atoms with Crippen molar-refractivity contribution in [2.75, 3.05) is 26.3 Å². The normalized spacial score (nSPS) is 15.1. The molecule has 0 unspecified atom stereocenters. The first kappa shape index (κ1) is 17.6. The summed E-state index contributed by atoms with van der Waals surface area (Å²) in [6, 6.07) is 16.9. The van der Waals surface area contributed by atoms with Gasteiger partial charge in [-0.3, -0.25) is 9.69 Å². The molecule has 1 aliphatic rings. The lowest BCUT2D eigenvalue weighted by atomic mass is 9.95. The molecule has 0 atom stereocenters. The Kier molecular flexibility index (Phi) is 6.20. The molecule has 1 saturated heterocycles. The van der Waals surface area contributed by atoms with Crippen LogP contribution >= 0.6 is 0 Å². The van der Waals surface area contributed by atoms with Gasteiger partial charge in [0.1, 0.15) is 0 Å². The first-order valence-corrected chi connectivity index (χ1v) is 9.01. The fourth-order valence-electron chi connectivity index (χ4n) is 3.18. The van der Waals surface area contributed by atoms with E-state index >= 15 is 0 Å². The molecule has 25 heavy (non-hydrogen) atoms. The van der Waals surface area contributed by atoms with Crippen LogP contribution < -0.4 is 5.32 Å². The Morgan fingerprint density at radius 2 is 1.60 bits per heavy atom. The summed E-state index contributed by atoms with van der Waals surface area (Å²) in [4.78, 5) is 14.1. The molecule has 1 aliphatic heterocycles. The third-order valence-corrected chi connectivity index (χ3v) is 4.62.